The number of hydrogen-bond acceptors (Lipinski definition) is 4. The molecule has 0 aromatic heterocycles. The maximum atomic E-state index is 12.8. The summed E-state index contributed by atoms with van der Waals surface area (Å²) in [4.78, 5) is 27.3. The van der Waals surface area contributed by atoms with E-state index in [1.807, 2.05) is 60.7 Å². The highest BCUT2D eigenvalue weighted by molar-refractivity contribution is 8.26. The first-order valence-electron chi connectivity index (χ1n) is 9.80. The van der Waals surface area contributed by atoms with Crippen LogP contribution in [0.2, 0.25) is 5.02 Å². The average molecular weight is 467 g/mol. The minimum Gasteiger partial charge on any atom is -0.326 e. The van der Waals surface area contributed by atoms with Gasteiger partial charge < -0.3 is 5.32 Å². The molecule has 156 valence electrons. The summed E-state index contributed by atoms with van der Waals surface area (Å²) in [6, 6.07) is 21.1. The molecular weight excluding hydrogens is 448 g/mol. The molecule has 0 saturated carbocycles. The largest absolute Gasteiger partial charge is 0.326 e. The number of thioether (sulfide) groups is 1. The van der Waals surface area contributed by atoms with Crippen molar-refractivity contribution in [2.75, 3.05) is 11.9 Å². The van der Waals surface area contributed by atoms with Gasteiger partial charge in [-0.15, -0.1) is 0 Å². The number of hydrogen-bond donors (Lipinski definition) is 1. The zero-order valence-electron chi connectivity index (χ0n) is 16.5. The van der Waals surface area contributed by atoms with Gasteiger partial charge in [-0.3, -0.25) is 14.5 Å². The summed E-state index contributed by atoms with van der Waals surface area (Å²) in [6.07, 6.45) is 2.57. The number of fused-ring (bicyclic) bond motifs is 1. The van der Waals surface area contributed by atoms with Crippen molar-refractivity contribution in [1.82, 2.24) is 4.90 Å². The monoisotopic (exact) mass is 466 g/mol. The first-order chi connectivity index (χ1) is 15.0. The number of halogens is 1. The fourth-order valence-corrected chi connectivity index (χ4v) is 4.86. The van der Waals surface area contributed by atoms with Crippen molar-refractivity contribution >= 4 is 74.3 Å². The van der Waals surface area contributed by atoms with E-state index in [-0.39, 0.29) is 11.8 Å². The molecule has 0 unspecified atom stereocenters. The highest BCUT2D eigenvalue weighted by Crippen LogP contribution is 2.34. The molecule has 0 atom stereocenters. The van der Waals surface area contributed by atoms with Crippen molar-refractivity contribution in [3.05, 3.63) is 82.2 Å². The van der Waals surface area contributed by atoms with Gasteiger partial charge in [0.15, 0.2) is 0 Å². The van der Waals surface area contributed by atoms with Crippen LogP contribution in [-0.2, 0) is 9.59 Å². The summed E-state index contributed by atoms with van der Waals surface area (Å²) in [6.45, 7) is 0.396. The smallest absolute Gasteiger partial charge is 0.266 e. The van der Waals surface area contributed by atoms with Gasteiger partial charge in [-0.1, -0.05) is 90.2 Å². The van der Waals surface area contributed by atoms with Gasteiger partial charge in [0.2, 0.25) is 5.91 Å². The van der Waals surface area contributed by atoms with E-state index in [1.165, 1.54) is 11.8 Å². The molecule has 1 aliphatic heterocycles. The van der Waals surface area contributed by atoms with E-state index < -0.39 is 0 Å². The van der Waals surface area contributed by atoms with Crippen LogP contribution in [0.25, 0.3) is 16.8 Å². The third kappa shape index (κ3) is 4.98. The van der Waals surface area contributed by atoms with Crippen LogP contribution in [0.15, 0.2) is 71.6 Å². The maximum Gasteiger partial charge on any atom is 0.266 e. The van der Waals surface area contributed by atoms with Gasteiger partial charge in [-0.25, -0.2) is 0 Å². The van der Waals surface area contributed by atoms with Crippen LogP contribution in [0, 0.1) is 0 Å². The molecule has 3 aromatic rings. The Morgan fingerprint density at radius 3 is 2.65 bits per heavy atom. The van der Waals surface area contributed by atoms with Crippen molar-refractivity contribution in [3.63, 3.8) is 0 Å². The van der Waals surface area contributed by atoms with Crippen LogP contribution >= 0.6 is 35.6 Å². The summed E-state index contributed by atoms with van der Waals surface area (Å²) < 4.78 is 0.498. The molecule has 1 saturated heterocycles. The van der Waals surface area contributed by atoms with Gasteiger partial charge in [-0.05, 0) is 35.6 Å². The summed E-state index contributed by atoms with van der Waals surface area (Å²) >= 11 is 12.8. The molecule has 4 nitrogen and oxygen atoms in total. The van der Waals surface area contributed by atoms with E-state index in [2.05, 4.69) is 5.32 Å². The Morgan fingerprint density at radius 1 is 1.06 bits per heavy atom. The number of anilines is 1. The maximum absolute atomic E-state index is 12.8. The lowest BCUT2D eigenvalue weighted by Gasteiger charge is -2.14. The van der Waals surface area contributed by atoms with Crippen molar-refractivity contribution in [2.24, 2.45) is 0 Å². The van der Waals surface area contributed by atoms with Gasteiger partial charge in [0.25, 0.3) is 5.91 Å². The Balaban J connectivity index is 1.35. The van der Waals surface area contributed by atoms with Gasteiger partial charge in [0.1, 0.15) is 4.32 Å². The van der Waals surface area contributed by atoms with Crippen molar-refractivity contribution in [3.8, 4) is 0 Å². The predicted molar refractivity (Wildman–Crippen MR) is 133 cm³/mol. The Morgan fingerprint density at radius 2 is 1.81 bits per heavy atom. The predicted octanol–water partition coefficient (Wildman–Crippen LogP) is 6.11. The molecule has 0 bridgehead atoms. The van der Waals surface area contributed by atoms with Crippen LogP contribution in [0.3, 0.4) is 0 Å². The van der Waals surface area contributed by atoms with Crippen LogP contribution in [0.1, 0.15) is 18.4 Å². The molecule has 7 heteroatoms. The van der Waals surface area contributed by atoms with Crippen LogP contribution in [-0.4, -0.2) is 27.6 Å². The van der Waals surface area contributed by atoms with Gasteiger partial charge >= 0.3 is 0 Å². The second-order valence-electron chi connectivity index (χ2n) is 7.03. The molecule has 4 rings (SSSR count). The summed E-state index contributed by atoms with van der Waals surface area (Å²) in [5.41, 5.74) is 1.57. The number of amides is 2. The quantitative estimate of drug-likeness (QED) is 0.351. The number of nitrogens with zero attached hydrogens (tertiary/aromatic N) is 1. The lowest BCUT2D eigenvalue weighted by atomic mass is 10.1. The van der Waals surface area contributed by atoms with Crippen LogP contribution in [0.5, 0.6) is 0 Å². The summed E-state index contributed by atoms with van der Waals surface area (Å²) in [5.74, 6) is -0.238. The summed E-state index contributed by atoms with van der Waals surface area (Å²) in [5, 5.41) is 5.63. The van der Waals surface area contributed by atoms with E-state index >= 15 is 0 Å². The van der Waals surface area contributed by atoms with Crippen molar-refractivity contribution in [2.45, 2.75) is 12.8 Å². The Labute approximate surface area is 195 Å². The molecule has 1 aliphatic rings. The third-order valence-electron chi connectivity index (χ3n) is 4.91. The molecule has 0 radical (unpaired) electrons. The Kier molecular flexibility index (Phi) is 6.70. The molecular formula is C24H19ClN2O2S2. The SMILES string of the molecule is O=C(CCCN1C(=O)/C(=C\c2ccccc2Cl)SC1=S)Nc1cccc2ccccc12. The molecule has 1 fully saturated rings. The standard InChI is InChI=1S/C24H19ClN2O2S2/c25-19-11-4-2-8-17(19)15-21-23(29)27(24(30)31-21)14-6-13-22(28)26-20-12-5-9-16-7-1-3-10-18(16)20/h1-5,7-12,15H,6,13-14H2,(H,26,28)/b21-15+. The van der Waals surface area contributed by atoms with E-state index in [4.69, 9.17) is 23.8 Å². The van der Waals surface area contributed by atoms with Crippen molar-refractivity contribution < 1.29 is 9.59 Å². The fraction of sp³-hybridized carbons (Fsp3) is 0.125. The van der Waals surface area contributed by atoms with Gasteiger partial charge in [-0.2, -0.15) is 0 Å². The van der Waals surface area contributed by atoms with E-state index in [0.29, 0.717) is 33.6 Å². The molecule has 1 N–H and O–H groups in total. The minimum atomic E-state index is -0.149. The van der Waals surface area contributed by atoms with Crippen LogP contribution < -0.4 is 5.32 Å². The molecule has 0 aliphatic carbocycles. The molecule has 31 heavy (non-hydrogen) atoms. The van der Waals surface area contributed by atoms with E-state index in [1.54, 1.807) is 17.0 Å². The molecule has 1 heterocycles. The fourth-order valence-electron chi connectivity index (χ4n) is 3.37. The first-order valence-corrected chi connectivity index (χ1v) is 11.4. The number of thiocarbonyl (C=S) groups is 1. The number of benzene rings is 3. The van der Waals surface area contributed by atoms with E-state index in [9.17, 15) is 9.59 Å². The normalized spacial score (nSPS) is 15.1. The third-order valence-corrected chi connectivity index (χ3v) is 6.64. The number of carbonyl (C=O) groups excluding carboxylic acids is 2. The number of carbonyl (C=O) groups is 2. The molecule has 0 spiro atoms. The van der Waals surface area contributed by atoms with Crippen LogP contribution in [0.4, 0.5) is 5.69 Å². The highest BCUT2D eigenvalue weighted by atomic mass is 35.5. The Hall–Kier alpha value is -2.67. The molecule has 3 aromatic carbocycles. The first kappa shape index (κ1) is 21.6. The highest BCUT2D eigenvalue weighted by Gasteiger charge is 2.31. The lowest BCUT2D eigenvalue weighted by molar-refractivity contribution is -0.122. The van der Waals surface area contributed by atoms with Gasteiger partial charge in [0, 0.05) is 29.1 Å². The zero-order chi connectivity index (χ0) is 21.8. The van der Waals surface area contributed by atoms with Gasteiger partial charge in [0.05, 0.1) is 4.91 Å². The lowest BCUT2D eigenvalue weighted by Crippen LogP contribution is -2.29. The van der Waals surface area contributed by atoms with Crippen molar-refractivity contribution in [1.29, 1.82) is 0 Å². The number of nitrogens with one attached hydrogen (secondary N) is 1. The number of rotatable bonds is 6. The molecule has 2 amide bonds. The topological polar surface area (TPSA) is 49.4 Å². The average Bonchev–Trinajstić information content (AvgIpc) is 3.03. The second kappa shape index (κ2) is 9.64. The minimum absolute atomic E-state index is 0.0894. The summed E-state index contributed by atoms with van der Waals surface area (Å²) in [7, 11) is 0. The van der Waals surface area contributed by atoms with E-state index in [0.717, 1.165) is 22.0 Å². The Bertz CT molecular complexity index is 1200. The zero-order valence-corrected chi connectivity index (χ0v) is 18.9. The second-order valence-corrected chi connectivity index (χ2v) is 9.12.